The number of halogens is 1. The van der Waals surface area contributed by atoms with E-state index in [4.69, 9.17) is 11.6 Å². The average Bonchev–Trinajstić information content (AvgIpc) is 3.47. The number of nitrogens with zero attached hydrogens (tertiary/aromatic N) is 3. The van der Waals surface area contributed by atoms with Crippen molar-refractivity contribution >= 4 is 80.3 Å². The number of nitrogens with one attached hydrogen (secondary N) is 1. The number of thioether (sulfide) groups is 1. The van der Waals surface area contributed by atoms with E-state index < -0.39 is 17.1 Å². The molecule has 1 aromatic heterocycles. The van der Waals surface area contributed by atoms with Crippen LogP contribution in [0.2, 0.25) is 5.02 Å². The van der Waals surface area contributed by atoms with Crippen molar-refractivity contribution < 1.29 is 14.4 Å². The third-order valence-corrected chi connectivity index (χ3v) is 11.1. The van der Waals surface area contributed by atoms with Crippen molar-refractivity contribution in [1.82, 2.24) is 4.57 Å². The van der Waals surface area contributed by atoms with Crippen LogP contribution in [0.1, 0.15) is 16.4 Å². The van der Waals surface area contributed by atoms with Crippen LogP contribution in [0.3, 0.4) is 0 Å². The molecular weight excluding hydrogens is 628 g/mol. The number of amides is 3. The molecule has 0 radical (unpaired) electrons. The molecule has 5 aromatic rings. The largest absolute Gasteiger partial charge is 0.378 e. The summed E-state index contributed by atoms with van der Waals surface area (Å²) in [5.41, 5.74) is 2.87. The number of fused-ring (bicyclic) bond motifs is 3. The SMILES string of the molecule is CN(C)c1ccc(C2c3sc(=O)n(CC(=O)Nc4ccc5ccccc5c4)c3SC3C(=O)N(c4ccc(Cl)cc4)C(=O)C32)cc1. The summed E-state index contributed by atoms with van der Waals surface area (Å²) in [5.74, 6) is -2.32. The number of thiazole rings is 1. The lowest BCUT2D eigenvalue weighted by Crippen LogP contribution is -2.33. The van der Waals surface area contributed by atoms with Gasteiger partial charge < -0.3 is 10.2 Å². The molecule has 8 nitrogen and oxygen atoms in total. The van der Waals surface area contributed by atoms with E-state index in [9.17, 15) is 19.2 Å². The van der Waals surface area contributed by atoms with E-state index in [0.717, 1.165) is 33.4 Å². The summed E-state index contributed by atoms with van der Waals surface area (Å²) in [7, 11) is 3.89. The molecule has 1 saturated heterocycles. The van der Waals surface area contributed by atoms with Gasteiger partial charge in [-0.3, -0.25) is 23.7 Å². The number of carbonyl (C=O) groups excluding carboxylic acids is 3. The zero-order chi connectivity index (χ0) is 31.4. The molecule has 3 unspecified atom stereocenters. The van der Waals surface area contributed by atoms with Crippen molar-refractivity contribution in [3.05, 3.63) is 116 Å². The molecule has 45 heavy (non-hydrogen) atoms. The number of hydrogen-bond donors (Lipinski definition) is 1. The Morgan fingerprint density at radius 2 is 1.60 bits per heavy atom. The molecule has 0 saturated carbocycles. The Balaban J connectivity index is 1.26. The van der Waals surface area contributed by atoms with Crippen LogP contribution in [0.15, 0.2) is 101 Å². The molecule has 3 atom stereocenters. The number of carbonyl (C=O) groups is 3. The maximum absolute atomic E-state index is 14.1. The third-order valence-electron chi connectivity index (χ3n) is 8.24. The summed E-state index contributed by atoms with van der Waals surface area (Å²) >= 11 is 8.31. The van der Waals surface area contributed by atoms with Crippen LogP contribution in [0.25, 0.3) is 10.8 Å². The Morgan fingerprint density at radius 3 is 2.31 bits per heavy atom. The fourth-order valence-corrected chi connectivity index (χ4v) is 8.95. The van der Waals surface area contributed by atoms with Gasteiger partial charge >= 0.3 is 4.87 Å². The minimum atomic E-state index is -0.775. The fourth-order valence-electron chi connectivity index (χ4n) is 6.05. The molecule has 4 aromatic carbocycles. The van der Waals surface area contributed by atoms with Crippen LogP contribution >= 0.6 is 34.7 Å². The molecule has 2 aliphatic rings. The lowest BCUT2D eigenvalue weighted by molar-refractivity contribution is -0.122. The number of hydrogen-bond acceptors (Lipinski definition) is 7. The van der Waals surface area contributed by atoms with Gasteiger partial charge in [-0.05, 0) is 64.9 Å². The van der Waals surface area contributed by atoms with E-state index in [2.05, 4.69) is 5.32 Å². The minimum absolute atomic E-state index is 0.225. The molecule has 0 bridgehead atoms. The predicted molar refractivity (Wildman–Crippen MR) is 181 cm³/mol. The summed E-state index contributed by atoms with van der Waals surface area (Å²) in [4.78, 5) is 58.4. The zero-order valence-corrected chi connectivity index (χ0v) is 26.7. The van der Waals surface area contributed by atoms with Crippen LogP contribution in [0.4, 0.5) is 17.1 Å². The molecule has 1 N–H and O–H groups in total. The van der Waals surface area contributed by atoms with Gasteiger partial charge in [-0.1, -0.05) is 77.2 Å². The molecule has 0 aliphatic carbocycles. The quantitative estimate of drug-likeness (QED) is 0.219. The highest BCUT2D eigenvalue weighted by Gasteiger charge is 2.56. The molecule has 2 aliphatic heterocycles. The highest BCUT2D eigenvalue weighted by atomic mass is 35.5. The van der Waals surface area contributed by atoms with Gasteiger partial charge in [0.05, 0.1) is 16.6 Å². The average molecular weight is 655 g/mol. The first kappa shape index (κ1) is 29.3. The highest BCUT2D eigenvalue weighted by molar-refractivity contribution is 8.00. The van der Waals surface area contributed by atoms with E-state index in [1.54, 1.807) is 24.3 Å². The van der Waals surface area contributed by atoms with E-state index in [-0.39, 0.29) is 29.1 Å². The normalized spacial score (nSPS) is 19.0. The van der Waals surface area contributed by atoms with E-state index in [0.29, 0.717) is 26.3 Å². The van der Waals surface area contributed by atoms with Gasteiger partial charge in [0.25, 0.3) is 0 Å². The smallest absolute Gasteiger partial charge is 0.308 e. The van der Waals surface area contributed by atoms with E-state index >= 15 is 0 Å². The van der Waals surface area contributed by atoms with Gasteiger partial charge in [0.15, 0.2) is 0 Å². The zero-order valence-electron chi connectivity index (χ0n) is 24.3. The number of aromatic nitrogens is 1. The van der Waals surface area contributed by atoms with Crippen LogP contribution < -0.4 is 20.0 Å². The first-order valence-corrected chi connectivity index (χ1v) is 16.4. The summed E-state index contributed by atoms with van der Waals surface area (Å²) in [6.45, 7) is -0.225. The Morgan fingerprint density at radius 1 is 0.889 bits per heavy atom. The fraction of sp³-hybridized carbons (Fsp3) is 0.176. The summed E-state index contributed by atoms with van der Waals surface area (Å²) in [6, 6.07) is 27.9. The Labute approximate surface area is 272 Å². The van der Waals surface area contributed by atoms with Crippen LogP contribution in [-0.4, -0.2) is 41.6 Å². The second-order valence-electron chi connectivity index (χ2n) is 11.2. The molecule has 3 amide bonds. The Bertz CT molecular complexity index is 2040. The first-order valence-electron chi connectivity index (χ1n) is 14.3. The summed E-state index contributed by atoms with van der Waals surface area (Å²) in [5, 5.41) is 5.22. The Hall–Kier alpha value is -4.38. The molecule has 1 fully saturated rings. The molecule has 226 valence electrons. The first-order chi connectivity index (χ1) is 21.7. The van der Waals surface area contributed by atoms with Gasteiger partial charge in [0.1, 0.15) is 11.8 Å². The number of anilines is 3. The molecule has 7 rings (SSSR count). The molecule has 3 heterocycles. The van der Waals surface area contributed by atoms with Crippen molar-refractivity contribution in [3.8, 4) is 0 Å². The number of rotatable bonds is 6. The van der Waals surface area contributed by atoms with Gasteiger partial charge in [-0.2, -0.15) is 0 Å². The highest BCUT2D eigenvalue weighted by Crippen LogP contribution is 2.54. The van der Waals surface area contributed by atoms with Crippen LogP contribution in [0.5, 0.6) is 0 Å². The molecule has 0 spiro atoms. The van der Waals surface area contributed by atoms with Crippen molar-refractivity contribution in [2.24, 2.45) is 5.92 Å². The molecule has 11 heteroatoms. The Kier molecular flexibility index (Phi) is 7.51. The van der Waals surface area contributed by atoms with Crippen molar-refractivity contribution in [1.29, 1.82) is 0 Å². The van der Waals surface area contributed by atoms with Crippen LogP contribution in [-0.2, 0) is 20.9 Å². The number of benzene rings is 4. The van der Waals surface area contributed by atoms with Crippen molar-refractivity contribution in [3.63, 3.8) is 0 Å². The van der Waals surface area contributed by atoms with Gasteiger partial charge in [0, 0.05) is 41.3 Å². The summed E-state index contributed by atoms with van der Waals surface area (Å²) < 4.78 is 1.43. The lowest BCUT2D eigenvalue weighted by Gasteiger charge is -2.31. The number of imide groups is 1. The monoisotopic (exact) mass is 654 g/mol. The standard InChI is InChI=1S/C34H27ClN4O4S2/c1-37(2)24-13-8-20(9-14-24)27-28-29(32(42)39(31(28)41)25-15-10-22(35)11-16-25)44-33-30(27)45-34(43)38(33)18-26(40)36-23-12-7-19-5-3-4-6-21(19)17-23/h3-17,27-29H,18H2,1-2H3,(H,36,40). The van der Waals surface area contributed by atoms with E-state index in [1.807, 2.05) is 85.7 Å². The second-order valence-corrected chi connectivity index (χ2v) is 13.8. The van der Waals surface area contributed by atoms with Gasteiger partial charge in [-0.15, -0.1) is 0 Å². The van der Waals surface area contributed by atoms with Crippen LogP contribution in [0, 0.1) is 5.92 Å². The van der Waals surface area contributed by atoms with Gasteiger partial charge in [-0.25, -0.2) is 4.90 Å². The van der Waals surface area contributed by atoms with E-state index in [1.165, 1.54) is 21.2 Å². The molecular formula is C34H27ClN4O4S2. The maximum Gasteiger partial charge on any atom is 0.308 e. The second kappa shape index (κ2) is 11.5. The minimum Gasteiger partial charge on any atom is -0.378 e. The predicted octanol–water partition coefficient (Wildman–Crippen LogP) is 6.22. The van der Waals surface area contributed by atoms with Crippen molar-refractivity contribution in [2.75, 3.05) is 29.2 Å². The maximum atomic E-state index is 14.1. The third kappa shape index (κ3) is 5.22. The summed E-state index contributed by atoms with van der Waals surface area (Å²) in [6.07, 6.45) is 0. The topological polar surface area (TPSA) is 91.7 Å². The van der Waals surface area contributed by atoms with Crippen molar-refractivity contribution in [2.45, 2.75) is 22.7 Å². The van der Waals surface area contributed by atoms with Gasteiger partial charge in [0.2, 0.25) is 17.7 Å². The lowest BCUT2D eigenvalue weighted by atomic mass is 9.83.